The molecule has 1 aromatic carbocycles. The second-order valence-corrected chi connectivity index (χ2v) is 5.07. The molecule has 0 saturated heterocycles. The summed E-state index contributed by atoms with van der Waals surface area (Å²) in [4.78, 5) is 4.13. The molecule has 1 atom stereocenters. The van der Waals surface area contributed by atoms with E-state index in [0.717, 1.165) is 19.4 Å². The van der Waals surface area contributed by atoms with Gasteiger partial charge in [0.15, 0.2) is 0 Å². The molecule has 19 heavy (non-hydrogen) atoms. The summed E-state index contributed by atoms with van der Waals surface area (Å²) in [6.45, 7) is 0.832. The third-order valence-corrected chi connectivity index (χ3v) is 3.72. The van der Waals surface area contributed by atoms with E-state index in [1.807, 2.05) is 24.4 Å². The number of phenolic OH excluding ortho intramolecular Hbond substituents is 1. The van der Waals surface area contributed by atoms with Crippen LogP contribution in [0.25, 0.3) is 0 Å². The smallest absolute Gasteiger partial charge is 0.115 e. The monoisotopic (exact) mass is 254 g/mol. The van der Waals surface area contributed by atoms with E-state index in [4.69, 9.17) is 0 Å². The highest BCUT2D eigenvalue weighted by molar-refractivity contribution is 5.38. The summed E-state index contributed by atoms with van der Waals surface area (Å²) in [6.07, 6.45) is 7.07. The molecule has 0 aliphatic heterocycles. The number of nitrogens with one attached hydrogen (secondary N) is 1. The van der Waals surface area contributed by atoms with Crippen LogP contribution in [-0.2, 0) is 13.0 Å². The molecule has 1 aliphatic carbocycles. The zero-order valence-electron chi connectivity index (χ0n) is 10.8. The lowest BCUT2D eigenvalue weighted by Gasteiger charge is -2.26. The number of phenols is 1. The first-order valence-electron chi connectivity index (χ1n) is 6.77. The van der Waals surface area contributed by atoms with Crippen molar-refractivity contribution in [1.82, 2.24) is 10.3 Å². The van der Waals surface area contributed by atoms with E-state index in [9.17, 15) is 5.11 Å². The first kappa shape index (κ1) is 12.2. The van der Waals surface area contributed by atoms with Crippen LogP contribution in [0.4, 0.5) is 0 Å². The Kier molecular flexibility index (Phi) is 3.47. The SMILES string of the molecule is Oc1ccc2c(c1)CCCC2NCc1cccnc1. The molecule has 1 aromatic heterocycles. The van der Waals surface area contributed by atoms with Crippen LogP contribution in [0.1, 0.15) is 35.6 Å². The molecule has 1 unspecified atom stereocenters. The Hall–Kier alpha value is -1.87. The predicted octanol–water partition coefficient (Wildman–Crippen LogP) is 2.95. The highest BCUT2D eigenvalue weighted by atomic mass is 16.3. The van der Waals surface area contributed by atoms with Crippen LogP contribution in [0.5, 0.6) is 5.75 Å². The Morgan fingerprint density at radius 2 is 2.26 bits per heavy atom. The van der Waals surface area contributed by atoms with Crippen molar-refractivity contribution in [2.45, 2.75) is 31.8 Å². The molecule has 3 heteroatoms. The van der Waals surface area contributed by atoms with Crippen molar-refractivity contribution >= 4 is 0 Å². The normalized spacial score (nSPS) is 18.0. The highest BCUT2D eigenvalue weighted by Gasteiger charge is 2.19. The third-order valence-electron chi connectivity index (χ3n) is 3.72. The van der Waals surface area contributed by atoms with E-state index in [-0.39, 0.29) is 0 Å². The first-order chi connectivity index (χ1) is 9.33. The van der Waals surface area contributed by atoms with E-state index in [0.29, 0.717) is 11.8 Å². The van der Waals surface area contributed by atoms with Gasteiger partial charge in [0, 0.05) is 25.0 Å². The number of aromatic nitrogens is 1. The number of rotatable bonds is 3. The molecule has 3 nitrogen and oxygen atoms in total. The third kappa shape index (κ3) is 2.76. The van der Waals surface area contributed by atoms with Crippen molar-refractivity contribution in [1.29, 1.82) is 0 Å². The number of aromatic hydroxyl groups is 1. The summed E-state index contributed by atoms with van der Waals surface area (Å²) in [5.41, 5.74) is 3.80. The van der Waals surface area contributed by atoms with Crippen molar-refractivity contribution in [3.8, 4) is 5.75 Å². The molecule has 1 heterocycles. The number of pyridine rings is 1. The number of hydrogen-bond donors (Lipinski definition) is 2. The molecule has 3 rings (SSSR count). The summed E-state index contributed by atoms with van der Waals surface area (Å²) in [6, 6.07) is 10.1. The maximum absolute atomic E-state index is 9.55. The van der Waals surface area contributed by atoms with Gasteiger partial charge in [-0.3, -0.25) is 4.98 Å². The minimum Gasteiger partial charge on any atom is -0.508 e. The van der Waals surface area contributed by atoms with Gasteiger partial charge >= 0.3 is 0 Å². The minimum atomic E-state index is 0.367. The van der Waals surface area contributed by atoms with Gasteiger partial charge < -0.3 is 10.4 Å². The number of fused-ring (bicyclic) bond motifs is 1. The van der Waals surface area contributed by atoms with E-state index in [1.54, 1.807) is 12.3 Å². The summed E-state index contributed by atoms with van der Waals surface area (Å²) >= 11 is 0. The average Bonchev–Trinajstić information content (AvgIpc) is 2.45. The van der Waals surface area contributed by atoms with Crippen molar-refractivity contribution in [3.63, 3.8) is 0 Å². The minimum absolute atomic E-state index is 0.367. The lowest BCUT2D eigenvalue weighted by molar-refractivity contribution is 0.449. The van der Waals surface area contributed by atoms with E-state index >= 15 is 0 Å². The number of nitrogens with zero attached hydrogens (tertiary/aromatic N) is 1. The summed E-state index contributed by atoms with van der Waals surface area (Å²) in [7, 11) is 0. The van der Waals surface area contributed by atoms with Gasteiger partial charge in [0.2, 0.25) is 0 Å². The van der Waals surface area contributed by atoms with Gasteiger partial charge in [-0.25, -0.2) is 0 Å². The molecular formula is C16H18N2O. The molecular weight excluding hydrogens is 236 g/mol. The number of aryl methyl sites for hydroxylation is 1. The van der Waals surface area contributed by atoms with Crippen LogP contribution in [0.2, 0.25) is 0 Å². The second-order valence-electron chi connectivity index (χ2n) is 5.07. The number of hydrogen-bond acceptors (Lipinski definition) is 3. The van der Waals surface area contributed by atoms with Crippen LogP contribution < -0.4 is 5.32 Å². The molecule has 0 fully saturated rings. The van der Waals surface area contributed by atoms with Gasteiger partial charge in [0.05, 0.1) is 0 Å². The molecule has 1 aliphatic rings. The zero-order chi connectivity index (χ0) is 13.1. The van der Waals surface area contributed by atoms with E-state index in [1.165, 1.54) is 23.1 Å². The largest absolute Gasteiger partial charge is 0.508 e. The molecule has 0 spiro atoms. The second kappa shape index (κ2) is 5.41. The highest BCUT2D eigenvalue weighted by Crippen LogP contribution is 2.31. The van der Waals surface area contributed by atoms with Crippen molar-refractivity contribution < 1.29 is 5.11 Å². The number of benzene rings is 1. The van der Waals surface area contributed by atoms with Crippen LogP contribution in [0, 0.1) is 0 Å². The molecule has 98 valence electrons. The van der Waals surface area contributed by atoms with Crippen LogP contribution >= 0.6 is 0 Å². The van der Waals surface area contributed by atoms with Gasteiger partial charge in [0.1, 0.15) is 5.75 Å². The summed E-state index contributed by atoms with van der Waals surface area (Å²) in [5.74, 6) is 0.367. The first-order valence-corrected chi connectivity index (χ1v) is 6.77. The topological polar surface area (TPSA) is 45.1 Å². The predicted molar refractivity (Wildman–Crippen MR) is 74.9 cm³/mol. The van der Waals surface area contributed by atoms with Crippen molar-refractivity contribution in [3.05, 3.63) is 59.4 Å². The van der Waals surface area contributed by atoms with E-state index < -0.39 is 0 Å². The maximum atomic E-state index is 9.55. The Labute approximate surface area is 113 Å². The summed E-state index contributed by atoms with van der Waals surface area (Å²) < 4.78 is 0. The quantitative estimate of drug-likeness (QED) is 0.885. The Morgan fingerprint density at radius 3 is 3.11 bits per heavy atom. The Balaban J connectivity index is 1.73. The zero-order valence-corrected chi connectivity index (χ0v) is 10.8. The van der Waals surface area contributed by atoms with Crippen molar-refractivity contribution in [2.24, 2.45) is 0 Å². The maximum Gasteiger partial charge on any atom is 0.115 e. The fraction of sp³-hybridized carbons (Fsp3) is 0.312. The standard InChI is InChI=1S/C16H18N2O/c19-14-6-7-15-13(9-14)4-1-5-16(15)18-11-12-3-2-8-17-10-12/h2-3,6-10,16,18-19H,1,4-5,11H2. The lowest BCUT2D eigenvalue weighted by Crippen LogP contribution is -2.24. The van der Waals surface area contributed by atoms with Crippen LogP contribution in [0.3, 0.4) is 0 Å². The van der Waals surface area contributed by atoms with Gasteiger partial charge in [-0.1, -0.05) is 12.1 Å². The van der Waals surface area contributed by atoms with E-state index in [2.05, 4.69) is 16.4 Å². The lowest BCUT2D eigenvalue weighted by atomic mass is 9.87. The Morgan fingerprint density at radius 1 is 1.32 bits per heavy atom. The molecule has 2 aromatic rings. The van der Waals surface area contributed by atoms with Gasteiger partial charge in [-0.15, -0.1) is 0 Å². The van der Waals surface area contributed by atoms with Gasteiger partial charge in [-0.2, -0.15) is 0 Å². The molecule has 0 saturated carbocycles. The molecule has 0 radical (unpaired) electrons. The summed E-state index contributed by atoms with van der Waals surface area (Å²) in [5, 5.41) is 13.1. The van der Waals surface area contributed by atoms with Crippen LogP contribution in [0.15, 0.2) is 42.7 Å². The molecule has 2 N–H and O–H groups in total. The fourth-order valence-electron chi connectivity index (χ4n) is 2.76. The van der Waals surface area contributed by atoms with Crippen LogP contribution in [-0.4, -0.2) is 10.1 Å². The fourth-order valence-corrected chi connectivity index (χ4v) is 2.76. The van der Waals surface area contributed by atoms with Crippen molar-refractivity contribution in [2.75, 3.05) is 0 Å². The molecule has 0 bridgehead atoms. The molecule has 0 amide bonds. The van der Waals surface area contributed by atoms with Gasteiger partial charge in [0.25, 0.3) is 0 Å². The Bertz CT molecular complexity index is 554. The average molecular weight is 254 g/mol. The van der Waals surface area contributed by atoms with Gasteiger partial charge in [-0.05, 0) is 54.2 Å².